The first-order valence-electron chi connectivity index (χ1n) is 4.61. The van der Waals surface area contributed by atoms with E-state index in [9.17, 15) is 4.57 Å². The molecule has 90 valence electrons. The van der Waals surface area contributed by atoms with Crippen molar-refractivity contribution in [2.75, 3.05) is 11.8 Å². The standard InChI is InChI=1S/C9H17Cl2O3P/c1-7(2)13-15(12,9(4)6-11)14-8(3)5-10/h8-9H,1,5-6H2,2-4H3. The molecule has 0 aliphatic carbocycles. The lowest BCUT2D eigenvalue weighted by Crippen LogP contribution is -2.16. The van der Waals surface area contributed by atoms with Gasteiger partial charge in [0.2, 0.25) is 0 Å². The summed E-state index contributed by atoms with van der Waals surface area (Å²) in [4.78, 5) is 0. The highest BCUT2D eigenvalue weighted by molar-refractivity contribution is 7.54. The summed E-state index contributed by atoms with van der Waals surface area (Å²) in [6.45, 7) is 8.58. The van der Waals surface area contributed by atoms with Gasteiger partial charge >= 0.3 is 7.60 Å². The first kappa shape index (κ1) is 15.3. The van der Waals surface area contributed by atoms with Crippen molar-refractivity contribution in [3.63, 3.8) is 0 Å². The quantitative estimate of drug-likeness (QED) is 0.400. The van der Waals surface area contributed by atoms with E-state index in [4.69, 9.17) is 32.2 Å². The topological polar surface area (TPSA) is 35.5 Å². The lowest BCUT2D eigenvalue weighted by molar-refractivity contribution is 0.189. The van der Waals surface area contributed by atoms with Crippen molar-refractivity contribution in [2.45, 2.75) is 32.5 Å². The maximum atomic E-state index is 12.3. The van der Waals surface area contributed by atoms with Gasteiger partial charge in [0.05, 0.1) is 17.5 Å². The highest BCUT2D eigenvalue weighted by Crippen LogP contribution is 2.55. The molecule has 0 bridgehead atoms. The molecule has 0 N–H and O–H groups in total. The molecular weight excluding hydrogens is 258 g/mol. The van der Waals surface area contributed by atoms with Crippen molar-refractivity contribution >= 4 is 30.8 Å². The number of rotatable bonds is 7. The van der Waals surface area contributed by atoms with E-state index in [2.05, 4.69) is 6.58 Å². The molecular formula is C9H17Cl2O3P. The van der Waals surface area contributed by atoms with E-state index in [-0.39, 0.29) is 23.5 Å². The lowest BCUT2D eigenvalue weighted by atomic mass is 10.5. The van der Waals surface area contributed by atoms with Crippen LogP contribution in [0.25, 0.3) is 0 Å². The molecule has 0 aliphatic rings. The summed E-state index contributed by atoms with van der Waals surface area (Å²) in [5.74, 6) is 0.787. The Balaban J connectivity index is 4.69. The van der Waals surface area contributed by atoms with Crippen LogP contribution in [0.3, 0.4) is 0 Å². The van der Waals surface area contributed by atoms with Crippen molar-refractivity contribution in [2.24, 2.45) is 0 Å². The molecule has 6 heteroatoms. The largest absolute Gasteiger partial charge is 0.430 e. The molecule has 0 rings (SSSR count). The van der Waals surface area contributed by atoms with Gasteiger partial charge in [-0.2, -0.15) is 0 Å². The molecule has 0 aromatic heterocycles. The summed E-state index contributed by atoms with van der Waals surface area (Å²) in [5.41, 5.74) is -0.387. The molecule has 0 radical (unpaired) electrons. The lowest BCUT2D eigenvalue weighted by Gasteiger charge is -2.25. The summed E-state index contributed by atoms with van der Waals surface area (Å²) >= 11 is 11.2. The normalized spacial score (nSPS) is 19.0. The van der Waals surface area contributed by atoms with Crippen LogP contribution >= 0.6 is 30.8 Å². The van der Waals surface area contributed by atoms with Crippen LogP contribution in [-0.4, -0.2) is 23.5 Å². The molecule has 0 heterocycles. The van der Waals surface area contributed by atoms with Crippen LogP contribution in [0.1, 0.15) is 20.8 Å². The van der Waals surface area contributed by atoms with Gasteiger partial charge in [0.1, 0.15) is 0 Å². The van der Waals surface area contributed by atoms with Gasteiger partial charge in [0.25, 0.3) is 0 Å². The van der Waals surface area contributed by atoms with Crippen LogP contribution < -0.4 is 0 Å². The molecule has 0 fully saturated rings. The summed E-state index contributed by atoms with van der Waals surface area (Å²) in [5, 5.41) is 0. The number of halogens is 2. The van der Waals surface area contributed by atoms with Gasteiger partial charge in [-0.15, -0.1) is 23.2 Å². The summed E-state index contributed by atoms with van der Waals surface area (Å²) < 4.78 is 22.7. The number of hydrogen-bond acceptors (Lipinski definition) is 3. The molecule has 0 saturated heterocycles. The highest BCUT2D eigenvalue weighted by Gasteiger charge is 2.35. The van der Waals surface area contributed by atoms with Gasteiger partial charge in [-0.3, -0.25) is 4.52 Å². The van der Waals surface area contributed by atoms with Crippen molar-refractivity contribution in [3.8, 4) is 0 Å². The zero-order valence-corrected chi connectivity index (χ0v) is 11.6. The second kappa shape index (κ2) is 6.80. The molecule has 0 amide bonds. The molecule has 15 heavy (non-hydrogen) atoms. The molecule has 3 unspecified atom stereocenters. The molecule has 0 aliphatic heterocycles. The van der Waals surface area contributed by atoms with Crippen molar-refractivity contribution in [1.82, 2.24) is 0 Å². The minimum atomic E-state index is -3.26. The van der Waals surface area contributed by atoms with Gasteiger partial charge in [0.15, 0.2) is 0 Å². The fourth-order valence-corrected chi connectivity index (χ4v) is 3.06. The van der Waals surface area contributed by atoms with Crippen LogP contribution in [0.4, 0.5) is 0 Å². The fraction of sp³-hybridized carbons (Fsp3) is 0.778. The van der Waals surface area contributed by atoms with Crippen LogP contribution in [0.15, 0.2) is 12.3 Å². The van der Waals surface area contributed by atoms with Crippen molar-refractivity contribution in [3.05, 3.63) is 12.3 Å². The Kier molecular flexibility index (Phi) is 6.94. The highest BCUT2D eigenvalue weighted by atomic mass is 35.5. The first-order valence-corrected chi connectivity index (χ1v) is 7.29. The second-order valence-corrected chi connectivity index (χ2v) is 6.38. The molecule has 0 aromatic carbocycles. The van der Waals surface area contributed by atoms with Crippen LogP contribution in [0.5, 0.6) is 0 Å². The molecule has 3 atom stereocenters. The predicted molar refractivity (Wildman–Crippen MR) is 65.0 cm³/mol. The van der Waals surface area contributed by atoms with Crippen molar-refractivity contribution in [1.29, 1.82) is 0 Å². The zero-order chi connectivity index (χ0) is 12.1. The Labute approximate surface area is 101 Å². The maximum Gasteiger partial charge on any atom is 0.383 e. The average Bonchev–Trinajstić information content (AvgIpc) is 2.14. The third kappa shape index (κ3) is 5.26. The zero-order valence-electron chi connectivity index (χ0n) is 9.20. The predicted octanol–water partition coefficient (Wildman–Crippen LogP) is 4.00. The minimum Gasteiger partial charge on any atom is -0.430 e. The second-order valence-electron chi connectivity index (χ2n) is 3.41. The Morgan fingerprint density at radius 3 is 2.27 bits per heavy atom. The van der Waals surface area contributed by atoms with E-state index in [1.165, 1.54) is 0 Å². The van der Waals surface area contributed by atoms with Crippen LogP contribution in [0, 0.1) is 0 Å². The van der Waals surface area contributed by atoms with E-state index in [0.717, 1.165) is 0 Å². The Morgan fingerprint density at radius 2 is 1.93 bits per heavy atom. The average molecular weight is 275 g/mol. The first-order chi connectivity index (χ1) is 6.85. The van der Waals surface area contributed by atoms with Gasteiger partial charge < -0.3 is 4.52 Å². The summed E-state index contributed by atoms with van der Waals surface area (Å²) in [6.07, 6.45) is -0.345. The maximum absolute atomic E-state index is 12.3. The molecule has 0 saturated carbocycles. The van der Waals surface area contributed by atoms with Gasteiger partial charge in [-0.1, -0.05) is 6.58 Å². The van der Waals surface area contributed by atoms with Gasteiger partial charge in [-0.25, -0.2) is 4.57 Å². The summed E-state index contributed by atoms with van der Waals surface area (Å²) in [7, 11) is -3.26. The molecule has 0 aromatic rings. The number of alkyl halides is 2. The monoisotopic (exact) mass is 274 g/mol. The fourth-order valence-electron chi connectivity index (χ4n) is 0.796. The molecule has 0 spiro atoms. The van der Waals surface area contributed by atoms with Gasteiger partial charge in [-0.05, 0) is 20.8 Å². The van der Waals surface area contributed by atoms with Crippen molar-refractivity contribution < 1.29 is 13.6 Å². The smallest absolute Gasteiger partial charge is 0.383 e. The van der Waals surface area contributed by atoms with E-state index >= 15 is 0 Å². The third-order valence-electron chi connectivity index (χ3n) is 1.59. The Hall–Kier alpha value is 0.310. The SMILES string of the molecule is C=C(C)OP(=O)(OC(C)CCl)C(C)CCl. The van der Waals surface area contributed by atoms with Gasteiger partial charge in [0, 0.05) is 11.8 Å². The Bertz CT molecular complexity index is 258. The van der Waals surface area contributed by atoms with E-state index in [1.54, 1.807) is 20.8 Å². The van der Waals surface area contributed by atoms with E-state index < -0.39 is 7.60 Å². The number of allylic oxidation sites excluding steroid dienone is 1. The molecule has 3 nitrogen and oxygen atoms in total. The Morgan fingerprint density at radius 1 is 1.40 bits per heavy atom. The third-order valence-corrected chi connectivity index (χ3v) is 5.19. The van der Waals surface area contributed by atoms with Crippen LogP contribution in [0.2, 0.25) is 0 Å². The van der Waals surface area contributed by atoms with E-state index in [0.29, 0.717) is 5.76 Å². The minimum absolute atomic E-state index is 0.194. The summed E-state index contributed by atoms with van der Waals surface area (Å²) in [6, 6.07) is 0. The van der Waals surface area contributed by atoms with Crippen LogP contribution in [-0.2, 0) is 13.6 Å². The number of hydrogen-bond donors (Lipinski definition) is 0. The van der Waals surface area contributed by atoms with E-state index in [1.807, 2.05) is 0 Å².